The van der Waals surface area contributed by atoms with Gasteiger partial charge >= 0.3 is 29.6 Å². The molecule has 0 unspecified atom stereocenters. The first-order chi connectivity index (χ1) is 7.63. The summed E-state index contributed by atoms with van der Waals surface area (Å²) in [5.41, 5.74) is 1.25. The maximum absolute atomic E-state index is 10.4. The van der Waals surface area contributed by atoms with Crippen LogP contribution in [-0.2, 0) is 11.3 Å². The second-order valence-corrected chi connectivity index (χ2v) is 5.18. The van der Waals surface area contributed by atoms with Gasteiger partial charge < -0.3 is 9.90 Å². The van der Waals surface area contributed by atoms with Crippen LogP contribution in [0.15, 0.2) is 28.7 Å². The number of likely N-dealkylation sites (tertiary alicyclic amines) is 1. The number of carbonyl (C=O) groups is 1. The molecule has 0 aliphatic carbocycles. The summed E-state index contributed by atoms with van der Waals surface area (Å²) in [7, 11) is 0. The number of benzene rings is 1. The van der Waals surface area contributed by atoms with Gasteiger partial charge in [0.25, 0.3) is 0 Å². The molecule has 1 fully saturated rings. The number of rotatable bonds is 4. The van der Waals surface area contributed by atoms with Gasteiger partial charge in [-0.25, -0.2) is 0 Å². The fraction of sp³-hybridized carbons (Fsp3) is 0.417. The summed E-state index contributed by atoms with van der Waals surface area (Å²) in [6, 6.07) is 8.18. The van der Waals surface area contributed by atoms with E-state index in [2.05, 4.69) is 33.0 Å². The Labute approximate surface area is 132 Å². The van der Waals surface area contributed by atoms with Crippen LogP contribution < -0.4 is 34.7 Å². The fourth-order valence-corrected chi connectivity index (χ4v) is 2.51. The van der Waals surface area contributed by atoms with Gasteiger partial charge in [0.05, 0.1) is 0 Å². The van der Waals surface area contributed by atoms with Gasteiger partial charge in [-0.3, -0.25) is 4.90 Å². The van der Waals surface area contributed by atoms with Crippen molar-refractivity contribution >= 4 is 21.9 Å². The Hall–Kier alpha value is 0.130. The van der Waals surface area contributed by atoms with E-state index in [0.717, 1.165) is 24.1 Å². The summed E-state index contributed by atoms with van der Waals surface area (Å²) >= 11 is 3.43. The van der Waals surface area contributed by atoms with Crippen molar-refractivity contribution in [3.05, 3.63) is 34.3 Å². The molecule has 0 atom stereocenters. The maximum atomic E-state index is 10.4. The summed E-state index contributed by atoms with van der Waals surface area (Å²) in [5, 5.41) is 10.4. The van der Waals surface area contributed by atoms with Crippen LogP contribution in [0.5, 0.6) is 0 Å². The Morgan fingerprint density at radius 2 is 2.18 bits per heavy atom. The van der Waals surface area contributed by atoms with Crippen molar-refractivity contribution in [2.75, 3.05) is 13.1 Å². The predicted molar refractivity (Wildman–Crippen MR) is 62.5 cm³/mol. The second kappa shape index (κ2) is 6.90. The number of hydrogen-bond donors (Lipinski definition) is 0. The molecule has 0 aromatic heterocycles. The van der Waals surface area contributed by atoms with Crippen molar-refractivity contribution in [2.45, 2.75) is 13.0 Å². The summed E-state index contributed by atoms with van der Waals surface area (Å²) in [6.07, 6.45) is 0.189. The van der Waals surface area contributed by atoms with Crippen molar-refractivity contribution in [3.63, 3.8) is 0 Å². The van der Waals surface area contributed by atoms with E-state index < -0.39 is 5.97 Å². The van der Waals surface area contributed by atoms with E-state index in [1.54, 1.807) is 0 Å². The molecule has 17 heavy (non-hydrogen) atoms. The molecule has 3 nitrogen and oxygen atoms in total. The summed E-state index contributed by atoms with van der Waals surface area (Å²) in [4.78, 5) is 12.6. The van der Waals surface area contributed by atoms with E-state index in [1.807, 2.05) is 12.1 Å². The fourth-order valence-electron chi connectivity index (χ4n) is 2.06. The van der Waals surface area contributed by atoms with Gasteiger partial charge in [0.1, 0.15) is 0 Å². The third-order valence-electron chi connectivity index (χ3n) is 2.78. The molecular weight excluding hydrogens is 293 g/mol. The molecule has 1 aromatic carbocycles. The van der Waals surface area contributed by atoms with Gasteiger partial charge in [-0.15, -0.1) is 0 Å². The minimum absolute atomic E-state index is 0. The molecule has 0 spiro atoms. The number of hydrogen-bond acceptors (Lipinski definition) is 3. The number of aliphatic carboxylic acids is 1. The molecule has 86 valence electrons. The topological polar surface area (TPSA) is 43.4 Å². The Bertz CT molecular complexity index is 394. The molecule has 1 aromatic rings. The van der Waals surface area contributed by atoms with Gasteiger partial charge in [-0.1, -0.05) is 28.1 Å². The van der Waals surface area contributed by atoms with E-state index in [0.29, 0.717) is 0 Å². The maximum Gasteiger partial charge on any atom is 1.00 e. The predicted octanol–water partition coefficient (Wildman–Crippen LogP) is -1.98. The summed E-state index contributed by atoms with van der Waals surface area (Å²) in [5.74, 6) is -0.663. The smallest absolute Gasteiger partial charge is 0.550 e. The molecule has 0 radical (unpaired) electrons. The van der Waals surface area contributed by atoms with Crippen LogP contribution in [0.25, 0.3) is 0 Å². The Morgan fingerprint density at radius 1 is 1.47 bits per heavy atom. The standard InChI is InChI=1S/C12H14BrNO2.Na/c13-11-3-1-2-9(4-11)6-14-7-10(8-14)5-12(15)16;/h1-4,10H,5-8H2,(H,15,16);/q;+1/p-1. The monoisotopic (exact) mass is 305 g/mol. The van der Waals surface area contributed by atoms with E-state index in [4.69, 9.17) is 0 Å². The average Bonchev–Trinajstić information content (AvgIpc) is 2.14. The van der Waals surface area contributed by atoms with Crippen LogP contribution >= 0.6 is 15.9 Å². The minimum atomic E-state index is -0.938. The molecular formula is C12H13BrNNaO2. The number of halogens is 1. The SMILES string of the molecule is O=C([O-])CC1CN(Cc2cccc(Br)c2)C1.[Na+]. The molecule has 0 bridgehead atoms. The Morgan fingerprint density at radius 3 is 2.76 bits per heavy atom. The van der Waals surface area contributed by atoms with Crippen molar-refractivity contribution in [3.8, 4) is 0 Å². The van der Waals surface area contributed by atoms with Crippen molar-refractivity contribution in [2.24, 2.45) is 5.92 Å². The molecule has 1 aliphatic heterocycles. The van der Waals surface area contributed by atoms with E-state index in [1.165, 1.54) is 5.56 Å². The zero-order valence-electron chi connectivity index (χ0n) is 9.86. The first-order valence-corrected chi connectivity index (χ1v) is 6.09. The van der Waals surface area contributed by atoms with Crippen LogP contribution in [0.4, 0.5) is 0 Å². The van der Waals surface area contributed by atoms with Crippen molar-refractivity contribution in [1.29, 1.82) is 0 Å². The van der Waals surface area contributed by atoms with E-state index in [9.17, 15) is 9.90 Å². The molecule has 1 aliphatic rings. The molecule has 0 saturated carbocycles. The molecule has 1 heterocycles. The van der Waals surface area contributed by atoms with Gasteiger partial charge in [0.15, 0.2) is 0 Å². The normalized spacial score (nSPS) is 16.1. The first-order valence-electron chi connectivity index (χ1n) is 5.30. The van der Waals surface area contributed by atoms with Crippen LogP contribution in [0.3, 0.4) is 0 Å². The van der Waals surface area contributed by atoms with Crippen molar-refractivity contribution < 1.29 is 39.5 Å². The van der Waals surface area contributed by atoms with E-state index in [-0.39, 0.29) is 41.9 Å². The first kappa shape index (κ1) is 15.2. The van der Waals surface area contributed by atoms with Gasteiger partial charge in [-0.05, 0) is 30.0 Å². The molecule has 2 rings (SSSR count). The Balaban J connectivity index is 0.00000144. The van der Waals surface area contributed by atoms with Crippen molar-refractivity contribution in [1.82, 2.24) is 4.90 Å². The number of carboxylic acid groups (broad SMARTS) is 1. The third-order valence-corrected chi connectivity index (χ3v) is 3.28. The molecule has 0 amide bonds. The van der Waals surface area contributed by atoms with Gasteiger partial charge in [0, 0.05) is 30.1 Å². The largest absolute Gasteiger partial charge is 1.00 e. The second-order valence-electron chi connectivity index (χ2n) is 4.27. The quantitative estimate of drug-likeness (QED) is 0.606. The number of nitrogens with zero attached hydrogens (tertiary/aromatic N) is 1. The third kappa shape index (κ3) is 4.72. The minimum Gasteiger partial charge on any atom is -0.550 e. The number of carboxylic acids is 1. The molecule has 0 N–H and O–H groups in total. The number of carbonyl (C=O) groups excluding carboxylic acids is 1. The van der Waals surface area contributed by atoms with Crippen LogP contribution in [0.2, 0.25) is 0 Å². The average molecular weight is 306 g/mol. The van der Waals surface area contributed by atoms with Crippen LogP contribution in [-0.4, -0.2) is 24.0 Å². The molecule has 5 heteroatoms. The van der Waals surface area contributed by atoms with Crippen LogP contribution in [0.1, 0.15) is 12.0 Å². The summed E-state index contributed by atoms with van der Waals surface area (Å²) in [6.45, 7) is 2.62. The van der Waals surface area contributed by atoms with Crippen LogP contribution in [0, 0.1) is 5.92 Å². The van der Waals surface area contributed by atoms with Gasteiger partial charge in [-0.2, -0.15) is 0 Å². The molecule has 1 saturated heterocycles. The zero-order valence-corrected chi connectivity index (χ0v) is 13.4. The van der Waals surface area contributed by atoms with E-state index >= 15 is 0 Å². The Kier molecular flexibility index (Phi) is 6.17. The van der Waals surface area contributed by atoms with Gasteiger partial charge in [0.2, 0.25) is 0 Å². The zero-order chi connectivity index (χ0) is 11.5. The summed E-state index contributed by atoms with van der Waals surface area (Å²) < 4.78 is 1.08.